The summed E-state index contributed by atoms with van der Waals surface area (Å²) >= 11 is 0. The van der Waals surface area contributed by atoms with E-state index in [1.807, 2.05) is 41.0 Å². The number of hydrogen-bond donors (Lipinski definition) is 1. The molecule has 0 radical (unpaired) electrons. The Balaban J connectivity index is 1.47. The Morgan fingerprint density at radius 1 is 0.963 bits per heavy atom. The molecule has 4 nitrogen and oxygen atoms in total. The van der Waals surface area contributed by atoms with Crippen molar-refractivity contribution in [2.24, 2.45) is 0 Å². The zero-order chi connectivity index (χ0) is 18.6. The molecule has 0 aliphatic heterocycles. The highest BCUT2D eigenvalue weighted by molar-refractivity contribution is 5.80. The third-order valence-corrected chi connectivity index (χ3v) is 4.70. The molecule has 4 aromatic rings. The molecule has 1 amide bonds. The van der Waals surface area contributed by atoms with Gasteiger partial charge in [0.2, 0.25) is 5.91 Å². The number of rotatable bonds is 5. The Bertz CT molecular complexity index is 1080. The van der Waals surface area contributed by atoms with Crippen LogP contribution in [0.3, 0.4) is 0 Å². The van der Waals surface area contributed by atoms with Crippen molar-refractivity contribution >= 4 is 16.9 Å². The number of aryl methyl sites for hydroxylation is 1. The lowest BCUT2D eigenvalue weighted by molar-refractivity contribution is -0.121. The van der Waals surface area contributed by atoms with E-state index in [2.05, 4.69) is 53.6 Å². The lowest BCUT2D eigenvalue weighted by atomic mass is 9.99. The minimum atomic E-state index is -0.0307. The molecule has 0 saturated carbocycles. The summed E-state index contributed by atoms with van der Waals surface area (Å²) in [5.41, 5.74) is 6.50. The summed E-state index contributed by atoms with van der Waals surface area (Å²) in [7, 11) is 0. The zero-order valence-electron chi connectivity index (χ0n) is 15.2. The second kappa shape index (κ2) is 7.46. The van der Waals surface area contributed by atoms with Crippen LogP contribution in [-0.4, -0.2) is 15.5 Å². The van der Waals surface area contributed by atoms with Crippen molar-refractivity contribution in [2.75, 3.05) is 0 Å². The minimum Gasteiger partial charge on any atom is -0.350 e. The fourth-order valence-corrected chi connectivity index (χ4v) is 3.23. The highest BCUT2D eigenvalue weighted by Crippen LogP contribution is 2.24. The van der Waals surface area contributed by atoms with Crippen LogP contribution in [0, 0.1) is 6.92 Å². The van der Waals surface area contributed by atoms with Gasteiger partial charge in [-0.2, -0.15) is 0 Å². The second-order valence-electron chi connectivity index (χ2n) is 6.66. The molecule has 0 bridgehead atoms. The molecule has 4 heteroatoms. The first-order chi connectivity index (χ1) is 13.2. The maximum Gasteiger partial charge on any atom is 0.240 e. The Morgan fingerprint density at radius 2 is 1.70 bits per heavy atom. The molecule has 0 saturated heterocycles. The first-order valence-corrected chi connectivity index (χ1v) is 9.02. The van der Waals surface area contributed by atoms with Crippen LogP contribution < -0.4 is 5.32 Å². The molecule has 4 rings (SSSR count). The van der Waals surface area contributed by atoms with Gasteiger partial charge in [-0.25, -0.2) is 4.98 Å². The summed E-state index contributed by atoms with van der Waals surface area (Å²) in [6.45, 7) is 2.83. The number of aromatic nitrogens is 2. The van der Waals surface area contributed by atoms with E-state index >= 15 is 0 Å². The molecule has 134 valence electrons. The van der Waals surface area contributed by atoms with Crippen molar-refractivity contribution in [3.05, 3.63) is 90.3 Å². The van der Waals surface area contributed by atoms with Crippen LogP contribution in [0.25, 0.3) is 22.2 Å². The van der Waals surface area contributed by atoms with Crippen LogP contribution in [-0.2, 0) is 17.9 Å². The van der Waals surface area contributed by atoms with Crippen LogP contribution in [0.4, 0.5) is 0 Å². The Hall–Kier alpha value is -3.40. The number of nitrogens with one attached hydrogen (secondary N) is 1. The van der Waals surface area contributed by atoms with Crippen molar-refractivity contribution < 1.29 is 4.79 Å². The van der Waals surface area contributed by atoms with E-state index < -0.39 is 0 Å². The first-order valence-electron chi connectivity index (χ1n) is 9.02. The number of amides is 1. The maximum absolute atomic E-state index is 12.5. The maximum atomic E-state index is 12.5. The van der Waals surface area contributed by atoms with Gasteiger partial charge in [-0.3, -0.25) is 4.79 Å². The number of para-hydroxylation sites is 2. The van der Waals surface area contributed by atoms with Crippen molar-refractivity contribution in [3.63, 3.8) is 0 Å². The van der Waals surface area contributed by atoms with Crippen molar-refractivity contribution in [1.82, 2.24) is 14.9 Å². The van der Waals surface area contributed by atoms with Crippen LogP contribution >= 0.6 is 0 Å². The monoisotopic (exact) mass is 355 g/mol. The molecule has 0 atom stereocenters. The average molecular weight is 355 g/mol. The first kappa shape index (κ1) is 17.0. The number of benzene rings is 3. The van der Waals surface area contributed by atoms with Crippen molar-refractivity contribution in [3.8, 4) is 11.1 Å². The van der Waals surface area contributed by atoms with E-state index in [-0.39, 0.29) is 12.5 Å². The third-order valence-electron chi connectivity index (χ3n) is 4.70. The van der Waals surface area contributed by atoms with Crippen molar-refractivity contribution in [1.29, 1.82) is 0 Å². The fraction of sp³-hybridized carbons (Fsp3) is 0.130. The summed E-state index contributed by atoms with van der Waals surface area (Å²) in [6.07, 6.45) is 1.71. The van der Waals surface area contributed by atoms with Gasteiger partial charge in [-0.05, 0) is 35.7 Å². The Kier molecular flexibility index (Phi) is 4.71. The molecule has 27 heavy (non-hydrogen) atoms. The molecule has 0 spiro atoms. The molecule has 3 aromatic carbocycles. The number of fused-ring (bicyclic) bond motifs is 1. The number of carbonyl (C=O) groups excluding carboxylic acids is 1. The van der Waals surface area contributed by atoms with Crippen LogP contribution in [0.1, 0.15) is 11.1 Å². The average Bonchev–Trinajstić information content (AvgIpc) is 3.10. The number of nitrogens with zero attached hydrogens (tertiary/aromatic N) is 2. The topological polar surface area (TPSA) is 46.9 Å². The number of carbonyl (C=O) groups is 1. The molecular formula is C23H21N3O. The summed E-state index contributed by atoms with van der Waals surface area (Å²) in [5.74, 6) is -0.0307. The largest absolute Gasteiger partial charge is 0.350 e. The molecule has 1 N–H and O–H groups in total. The standard InChI is InChI=1S/C23H21N3O/c1-17-10-12-18(13-11-17)20-7-3-2-6-19(20)14-24-23(27)15-26-16-25-21-8-4-5-9-22(21)26/h2-13,16H,14-15H2,1H3,(H,24,27). The second-order valence-corrected chi connectivity index (χ2v) is 6.66. The van der Waals surface area contributed by atoms with Gasteiger partial charge in [0.15, 0.2) is 0 Å². The zero-order valence-corrected chi connectivity index (χ0v) is 15.2. The molecule has 0 aliphatic rings. The predicted molar refractivity (Wildman–Crippen MR) is 108 cm³/mol. The van der Waals surface area contributed by atoms with Crippen molar-refractivity contribution in [2.45, 2.75) is 20.0 Å². The number of hydrogen-bond acceptors (Lipinski definition) is 2. The lowest BCUT2D eigenvalue weighted by Gasteiger charge is -2.12. The molecular weight excluding hydrogens is 334 g/mol. The van der Waals surface area contributed by atoms with Gasteiger partial charge in [0.1, 0.15) is 6.54 Å². The van der Waals surface area contributed by atoms with Gasteiger partial charge in [-0.1, -0.05) is 66.2 Å². The molecule has 1 aromatic heterocycles. The molecule has 0 aliphatic carbocycles. The predicted octanol–water partition coefficient (Wildman–Crippen LogP) is 4.33. The van der Waals surface area contributed by atoms with Gasteiger partial charge in [0.25, 0.3) is 0 Å². The minimum absolute atomic E-state index is 0.0307. The van der Waals surface area contributed by atoms with Gasteiger partial charge < -0.3 is 9.88 Å². The van der Waals surface area contributed by atoms with Crippen LogP contribution in [0.2, 0.25) is 0 Å². The summed E-state index contributed by atoms with van der Waals surface area (Å²) in [6, 6.07) is 24.4. The van der Waals surface area contributed by atoms with Gasteiger partial charge in [-0.15, -0.1) is 0 Å². The van der Waals surface area contributed by atoms with Crippen LogP contribution in [0.5, 0.6) is 0 Å². The van der Waals surface area contributed by atoms with E-state index in [1.54, 1.807) is 6.33 Å². The van der Waals surface area contributed by atoms with Gasteiger partial charge >= 0.3 is 0 Å². The highest BCUT2D eigenvalue weighted by atomic mass is 16.1. The van der Waals surface area contributed by atoms with Crippen LogP contribution in [0.15, 0.2) is 79.1 Å². The number of imidazole rings is 1. The van der Waals surface area contributed by atoms with Gasteiger partial charge in [0.05, 0.1) is 17.4 Å². The normalized spacial score (nSPS) is 10.9. The van der Waals surface area contributed by atoms with E-state index in [0.717, 1.165) is 27.7 Å². The highest BCUT2D eigenvalue weighted by Gasteiger charge is 2.09. The van der Waals surface area contributed by atoms with E-state index in [9.17, 15) is 4.79 Å². The molecule has 0 fully saturated rings. The fourth-order valence-electron chi connectivity index (χ4n) is 3.23. The molecule has 1 heterocycles. The summed E-state index contributed by atoms with van der Waals surface area (Å²) < 4.78 is 1.87. The Labute approximate surface area is 158 Å². The van der Waals surface area contributed by atoms with E-state index in [1.165, 1.54) is 5.56 Å². The Morgan fingerprint density at radius 3 is 2.56 bits per heavy atom. The van der Waals surface area contributed by atoms with Gasteiger partial charge in [0, 0.05) is 6.54 Å². The smallest absolute Gasteiger partial charge is 0.240 e. The van der Waals surface area contributed by atoms with E-state index in [4.69, 9.17) is 0 Å². The third kappa shape index (κ3) is 3.75. The SMILES string of the molecule is Cc1ccc(-c2ccccc2CNC(=O)Cn2cnc3ccccc32)cc1. The summed E-state index contributed by atoms with van der Waals surface area (Å²) in [4.78, 5) is 16.8. The quantitative estimate of drug-likeness (QED) is 0.579. The lowest BCUT2D eigenvalue weighted by Crippen LogP contribution is -2.27. The molecule has 0 unspecified atom stereocenters. The summed E-state index contributed by atoms with van der Waals surface area (Å²) in [5, 5.41) is 3.04. The van der Waals surface area contributed by atoms with E-state index in [0.29, 0.717) is 6.54 Å².